The lowest BCUT2D eigenvalue weighted by molar-refractivity contribution is 0.0611. The highest BCUT2D eigenvalue weighted by molar-refractivity contribution is 14.1. The molecule has 0 atom stereocenters. The number of hydrogen-bond acceptors (Lipinski definition) is 3. The van der Waals surface area contributed by atoms with Crippen molar-refractivity contribution in [1.29, 1.82) is 0 Å². The van der Waals surface area contributed by atoms with Gasteiger partial charge in [0.15, 0.2) is 9.53 Å². The summed E-state index contributed by atoms with van der Waals surface area (Å²) in [6, 6.07) is 3.56. The summed E-state index contributed by atoms with van der Waals surface area (Å²) in [5.74, 6) is 0.466. The highest BCUT2D eigenvalue weighted by Gasteiger charge is 2.23. The van der Waals surface area contributed by atoms with Gasteiger partial charge in [0.05, 0.1) is 0 Å². The Kier molecular flexibility index (Phi) is 3.86. The Bertz CT molecular complexity index is 370. The molecule has 0 N–H and O–H groups in total. The van der Waals surface area contributed by atoms with Crippen LogP contribution in [0.1, 0.15) is 17.5 Å². The van der Waals surface area contributed by atoms with Crippen molar-refractivity contribution in [1.82, 2.24) is 9.80 Å². The average Bonchev–Trinajstić information content (AvgIpc) is 2.75. The highest BCUT2D eigenvalue weighted by atomic mass is 127. The molecule has 1 saturated heterocycles. The van der Waals surface area contributed by atoms with Crippen LogP contribution >= 0.6 is 22.6 Å². The monoisotopic (exact) mass is 334 g/mol. The molecular formula is C11H15IN2O2. The van der Waals surface area contributed by atoms with E-state index in [1.165, 1.54) is 0 Å². The van der Waals surface area contributed by atoms with Gasteiger partial charge in [-0.3, -0.25) is 4.79 Å². The number of halogens is 1. The minimum Gasteiger partial charge on any atom is -0.445 e. The van der Waals surface area contributed by atoms with Crippen LogP contribution in [0.4, 0.5) is 0 Å². The first-order valence-electron chi connectivity index (χ1n) is 5.47. The van der Waals surface area contributed by atoms with Crippen molar-refractivity contribution in [3.05, 3.63) is 21.7 Å². The van der Waals surface area contributed by atoms with E-state index in [2.05, 4.69) is 34.4 Å². The van der Waals surface area contributed by atoms with Gasteiger partial charge < -0.3 is 14.2 Å². The van der Waals surface area contributed by atoms with E-state index in [4.69, 9.17) is 4.42 Å². The molecule has 1 fully saturated rings. The summed E-state index contributed by atoms with van der Waals surface area (Å²) in [5, 5.41) is 0. The zero-order chi connectivity index (χ0) is 11.5. The molecule has 0 unspecified atom stereocenters. The van der Waals surface area contributed by atoms with Crippen LogP contribution in [0.5, 0.6) is 0 Å². The molecule has 0 aliphatic carbocycles. The summed E-state index contributed by atoms with van der Waals surface area (Å²) in [4.78, 5) is 16.2. The maximum atomic E-state index is 12.0. The fourth-order valence-electron chi connectivity index (χ4n) is 1.85. The molecule has 2 heterocycles. The minimum atomic E-state index is 0.0127. The third-order valence-corrected chi connectivity index (χ3v) is 3.47. The van der Waals surface area contributed by atoms with Crippen molar-refractivity contribution in [2.45, 2.75) is 6.92 Å². The topological polar surface area (TPSA) is 36.7 Å². The number of amides is 1. The van der Waals surface area contributed by atoms with Gasteiger partial charge in [-0.1, -0.05) is 6.92 Å². The molecule has 1 aliphatic rings. The van der Waals surface area contributed by atoms with E-state index in [-0.39, 0.29) is 5.91 Å². The van der Waals surface area contributed by atoms with Crippen molar-refractivity contribution in [2.75, 3.05) is 32.7 Å². The first kappa shape index (κ1) is 11.9. The predicted octanol–water partition coefficient (Wildman–Crippen LogP) is 1.66. The number of likely N-dealkylation sites (N-methyl/N-ethyl adjacent to an activating group) is 1. The van der Waals surface area contributed by atoms with Gasteiger partial charge in [0, 0.05) is 26.2 Å². The van der Waals surface area contributed by atoms with Gasteiger partial charge in [-0.2, -0.15) is 0 Å². The molecule has 16 heavy (non-hydrogen) atoms. The fraction of sp³-hybridized carbons (Fsp3) is 0.545. The average molecular weight is 334 g/mol. The van der Waals surface area contributed by atoms with Crippen LogP contribution < -0.4 is 0 Å². The van der Waals surface area contributed by atoms with Gasteiger partial charge in [0.2, 0.25) is 0 Å². The SMILES string of the molecule is CCN1CCN(C(=O)c2ccc(I)o2)CC1. The van der Waals surface area contributed by atoms with Gasteiger partial charge in [-0.15, -0.1) is 0 Å². The molecule has 1 aromatic rings. The number of piperazine rings is 1. The zero-order valence-corrected chi connectivity index (χ0v) is 11.4. The standard InChI is InChI=1S/C11H15IN2O2/c1-2-13-5-7-14(8-6-13)11(15)9-3-4-10(12)16-9/h3-4H,2,5-8H2,1H3. The third-order valence-electron chi connectivity index (χ3n) is 2.89. The van der Waals surface area contributed by atoms with Crippen LogP contribution in [0.25, 0.3) is 0 Å². The second-order valence-electron chi connectivity index (χ2n) is 3.83. The Labute approximate surface area is 109 Å². The van der Waals surface area contributed by atoms with Gasteiger partial charge in [0.1, 0.15) is 0 Å². The van der Waals surface area contributed by atoms with E-state index in [9.17, 15) is 4.79 Å². The maximum absolute atomic E-state index is 12.0. The van der Waals surface area contributed by atoms with Gasteiger partial charge in [0.25, 0.3) is 5.91 Å². The van der Waals surface area contributed by atoms with Crippen LogP contribution in [0.15, 0.2) is 16.5 Å². The van der Waals surface area contributed by atoms with E-state index < -0.39 is 0 Å². The van der Waals surface area contributed by atoms with E-state index >= 15 is 0 Å². The van der Waals surface area contributed by atoms with Crippen molar-refractivity contribution in [3.63, 3.8) is 0 Å². The maximum Gasteiger partial charge on any atom is 0.289 e. The number of hydrogen-bond donors (Lipinski definition) is 0. The quantitative estimate of drug-likeness (QED) is 0.772. The van der Waals surface area contributed by atoms with E-state index in [1.54, 1.807) is 6.07 Å². The van der Waals surface area contributed by atoms with Crippen LogP contribution in [0, 0.1) is 3.77 Å². The molecule has 88 valence electrons. The molecule has 5 heteroatoms. The Hall–Kier alpha value is -0.560. The molecule has 0 saturated carbocycles. The lowest BCUT2D eigenvalue weighted by Gasteiger charge is -2.33. The Balaban J connectivity index is 1.96. The molecule has 0 radical (unpaired) electrons. The molecule has 1 aromatic heterocycles. The van der Waals surface area contributed by atoms with E-state index in [1.807, 2.05) is 11.0 Å². The number of furan rings is 1. The van der Waals surface area contributed by atoms with Crippen molar-refractivity contribution < 1.29 is 9.21 Å². The minimum absolute atomic E-state index is 0.0127. The Morgan fingerprint density at radius 2 is 2.06 bits per heavy atom. The molecule has 1 aliphatic heterocycles. The van der Waals surface area contributed by atoms with E-state index in [0.29, 0.717) is 5.76 Å². The predicted molar refractivity (Wildman–Crippen MR) is 69.4 cm³/mol. The summed E-state index contributed by atoms with van der Waals surface area (Å²) in [7, 11) is 0. The van der Waals surface area contributed by atoms with Gasteiger partial charge in [-0.05, 0) is 41.3 Å². The zero-order valence-electron chi connectivity index (χ0n) is 9.28. The molecule has 2 rings (SSSR count). The molecule has 1 amide bonds. The summed E-state index contributed by atoms with van der Waals surface area (Å²) in [6.45, 7) is 6.71. The third kappa shape index (κ3) is 2.57. The van der Waals surface area contributed by atoms with Crippen LogP contribution in [-0.2, 0) is 0 Å². The summed E-state index contributed by atoms with van der Waals surface area (Å²) in [5.41, 5.74) is 0. The molecule has 0 spiro atoms. The molecular weight excluding hydrogens is 319 g/mol. The largest absolute Gasteiger partial charge is 0.445 e. The first-order valence-corrected chi connectivity index (χ1v) is 6.55. The fourth-order valence-corrected chi connectivity index (χ4v) is 2.27. The normalized spacial score (nSPS) is 17.8. The second kappa shape index (κ2) is 5.18. The highest BCUT2D eigenvalue weighted by Crippen LogP contribution is 2.13. The van der Waals surface area contributed by atoms with Gasteiger partial charge >= 0.3 is 0 Å². The molecule has 0 bridgehead atoms. The number of nitrogens with zero attached hydrogens (tertiary/aromatic N) is 2. The van der Waals surface area contributed by atoms with Crippen LogP contribution in [-0.4, -0.2) is 48.4 Å². The van der Waals surface area contributed by atoms with Gasteiger partial charge in [-0.25, -0.2) is 0 Å². The Morgan fingerprint density at radius 3 is 2.56 bits per heavy atom. The number of carbonyl (C=O) groups excluding carboxylic acids is 1. The van der Waals surface area contributed by atoms with Crippen molar-refractivity contribution >= 4 is 28.5 Å². The summed E-state index contributed by atoms with van der Waals surface area (Å²) < 4.78 is 6.09. The number of rotatable bonds is 2. The Morgan fingerprint density at radius 1 is 1.38 bits per heavy atom. The van der Waals surface area contributed by atoms with Crippen LogP contribution in [0.3, 0.4) is 0 Å². The van der Waals surface area contributed by atoms with Crippen molar-refractivity contribution in [3.8, 4) is 0 Å². The second-order valence-corrected chi connectivity index (χ2v) is 4.89. The number of carbonyl (C=O) groups is 1. The first-order chi connectivity index (χ1) is 7.70. The lowest BCUT2D eigenvalue weighted by Crippen LogP contribution is -2.48. The smallest absolute Gasteiger partial charge is 0.289 e. The summed E-state index contributed by atoms with van der Waals surface area (Å²) >= 11 is 2.07. The molecule has 4 nitrogen and oxygen atoms in total. The van der Waals surface area contributed by atoms with Crippen LogP contribution in [0.2, 0.25) is 0 Å². The van der Waals surface area contributed by atoms with E-state index in [0.717, 1.165) is 36.5 Å². The summed E-state index contributed by atoms with van der Waals surface area (Å²) in [6.07, 6.45) is 0. The van der Waals surface area contributed by atoms with Crippen molar-refractivity contribution in [2.24, 2.45) is 0 Å². The lowest BCUT2D eigenvalue weighted by atomic mass is 10.3. The molecule has 0 aromatic carbocycles.